The smallest absolute Gasteiger partial charge is 0.251 e. The molecule has 0 fully saturated rings. The molecular weight excluding hydrogens is 212 g/mol. The quantitative estimate of drug-likeness (QED) is 0.758. The standard InChI is InChI=1S/C11H15ClN2O/c1-14(2)8-7-13-11(15)9-3-5-10(12)6-4-9/h3-6H,7-8H2,1-2H3,(H,13,15)/p+1. The number of halogens is 1. The van der Waals surface area contributed by atoms with E-state index in [4.69, 9.17) is 11.6 Å². The monoisotopic (exact) mass is 227 g/mol. The van der Waals surface area contributed by atoms with Crippen LogP contribution in [-0.2, 0) is 0 Å². The molecule has 0 aromatic heterocycles. The van der Waals surface area contributed by atoms with Gasteiger partial charge in [0, 0.05) is 10.6 Å². The summed E-state index contributed by atoms with van der Waals surface area (Å²) in [5.74, 6) is -0.0482. The van der Waals surface area contributed by atoms with Gasteiger partial charge in [-0.25, -0.2) is 0 Å². The van der Waals surface area contributed by atoms with Crippen LogP contribution in [0.5, 0.6) is 0 Å². The van der Waals surface area contributed by atoms with E-state index in [0.717, 1.165) is 6.54 Å². The Kier molecular flexibility index (Phi) is 4.59. The van der Waals surface area contributed by atoms with Gasteiger partial charge in [0.15, 0.2) is 0 Å². The Labute approximate surface area is 95.0 Å². The molecule has 0 saturated carbocycles. The number of hydrogen-bond acceptors (Lipinski definition) is 1. The summed E-state index contributed by atoms with van der Waals surface area (Å²) >= 11 is 5.73. The minimum atomic E-state index is -0.0482. The van der Waals surface area contributed by atoms with E-state index in [9.17, 15) is 4.79 Å². The van der Waals surface area contributed by atoms with Gasteiger partial charge in [-0.2, -0.15) is 0 Å². The Morgan fingerprint density at radius 3 is 2.47 bits per heavy atom. The van der Waals surface area contributed by atoms with Gasteiger partial charge >= 0.3 is 0 Å². The zero-order valence-corrected chi connectivity index (χ0v) is 9.77. The molecule has 1 rings (SSSR count). The summed E-state index contributed by atoms with van der Waals surface area (Å²) in [5, 5.41) is 3.49. The number of amides is 1. The van der Waals surface area contributed by atoms with Gasteiger partial charge in [-0.15, -0.1) is 0 Å². The number of nitrogens with one attached hydrogen (secondary N) is 2. The lowest BCUT2D eigenvalue weighted by molar-refractivity contribution is -0.856. The number of carbonyl (C=O) groups is 1. The fourth-order valence-electron chi connectivity index (χ4n) is 1.13. The van der Waals surface area contributed by atoms with Crippen LogP contribution in [0.25, 0.3) is 0 Å². The first-order chi connectivity index (χ1) is 7.09. The van der Waals surface area contributed by atoms with E-state index < -0.39 is 0 Å². The predicted molar refractivity (Wildman–Crippen MR) is 61.5 cm³/mol. The van der Waals surface area contributed by atoms with Crippen molar-refractivity contribution < 1.29 is 9.69 Å². The molecule has 2 N–H and O–H groups in total. The molecule has 0 radical (unpaired) electrons. The summed E-state index contributed by atoms with van der Waals surface area (Å²) in [7, 11) is 4.10. The number of hydrogen-bond donors (Lipinski definition) is 2. The number of benzene rings is 1. The van der Waals surface area contributed by atoms with Crippen LogP contribution in [0.4, 0.5) is 0 Å². The van der Waals surface area contributed by atoms with Gasteiger partial charge in [0.1, 0.15) is 0 Å². The molecule has 4 heteroatoms. The van der Waals surface area contributed by atoms with E-state index in [1.807, 2.05) is 0 Å². The summed E-state index contributed by atoms with van der Waals surface area (Å²) in [6.45, 7) is 1.60. The molecule has 0 aliphatic carbocycles. The highest BCUT2D eigenvalue weighted by Gasteiger charge is 2.04. The first-order valence-corrected chi connectivity index (χ1v) is 5.30. The van der Waals surface area contributed by atoms with E-state index in [1.165, 1.54) is 4.90 Å². The van der Waals surface area contributed by atoms with E-state index in [0.29, 0.717) is 17.1 Å². The third kappa shape index (κ3) is 4.32. The molecule has 0 unspecified atom stereocenters. The highest BCUT2D eigenvalue weighted by molar-refractivity contribution is 6.30. The molecule has 1 aromatic carbocycles. The van der Waals surface area contributed by atoms with Crippen LogP contribution in [0.2, 0.25) is 5.02 Å². The maximum Gasteiger partial charge on any atom is 0.251 e. The first-order valence-electron chi connectivity index (χ1n) is 4.92. The van der Waals surface area contributed by atoms with Crippen molar-refractivity contribution in [2.24, 2.45) is 0 Å². The largest absolute Gasteiger partial charge is 0.346 e. The predicted octanol–water partition coefficient (Wildman–Crippen LogP) is 0.214. The molecule has 3 nitrogen and oxygen atoms in total. The Bertz CT molecular complexity index is 322. The van der Waals surface area contributed by atoms with Crippen LogP contribution in [-0.4, -0.2) is 33.1 Å². The maximum absolute atomic E-state index is 11.6. The minimum Gasteiger partial charge on any atom is -0.346 e. The molecule has 0 heterocycles. The molecule has 1 amide bonds. The lowest BCUT2D eigenvalue weighted by Crippen LogP contribution is -3.06. The van der Waals surface area contributed by atoms with Crippen molar-refractivity contribution in [1.29, 1.82) is 0 Å². The molecule has 0 aliphatic rings. The van der Waals surface area contributed by atoms with Gasteiger partial charge in [0.2, 0.25) is 0 Å². The minimum absolute atomic E-state index is 0.0482. The molecule has 0 saturated heterocycles. The van der Waals surface area contributed by atoms with Gasteiger partial charge in [-0.3, -0.25) is 4.79 Å². The van der Waals surface area contributed by atoms with E-state index >= 15 is 0 Å². The average Bonchev–Trinajstić information content (AvgIpc) is 2.18. The number of quaternary nitrogens is 1. The lowest BCUT2D eigenvalue weighted by atomic mass is 10.2. The van der Waals surface area contributed by atoms with Gasteiger partial charge in [-0.05, 0) is 24.3 Å². The van der Waals surface area contributed by atoms with Crippen LogP contribution in [0.1, 0.15) is 10.4 Å². The van der Waals surface area contributed by atoms with E-state index in [2.05, 4.69) is 19.4 Å². The highest BCUT2D eigenvalue weighted by Crippen LogP contribution is 2.08. The molecule has 0 bridgehead atoms. The topological polar surface area (TPSA) is 33.5 Å². The number of carbonyl (C=O) groups excluding carboxylic acids is 1. The highest BCUT2D eigenvalue weighted by atomic mass is 35.5. The van der Waals surface area contributed by atoms with E-state index in [1.54, 1.807) is 24.3 Å². The van der Waals surface area contributed by atoms with Gasteiger partial charge in [0.05, 0.1) is 27.2 Å². The summed E-state index contributed by atoms with van der Waals surface area (Å²) in [6.07, 6.45) is 0. The molecule has 82 valence electrons. The molecule has 0 aliphatic heterocycles. The Morgan fingerprint density at radius 2 is 1.93 bits per heavy atom. The Morgan fingerprint density at radius 1 is 1.33 bits per heavy atom. The summed E-state index contributed by atoms with van der Waals surface area (Å²) < 4.78 is 0. The van der Waals surface area contributed by atoms with Crippen molar-refractivity contribution in [3.63, 3.8) is 0 Å². The second-order valence-electron chi connectivity index (χ2n) is 3.72. The second kappa shape index (κ2) is 5.73. The van der Waals surface area contributed by atoms with Crippen LogP contribution in [0.3, 0.4) is 0 Å². The first kappa shape index (κ1) is 12.0. The van der Waals surface area contributed by atoms with Crippen molar-refractivity contribution in [2.45, 2.75) is 0 Å². The third-order valence-electron chi connectivity index (χ3n) is 2.02. The van der Waals surface area contributed by atoms with Gasteiger partial charge in [0.25, 0.3) is 5.91 Å². The van der Waals surface area contributed by atoms with Crippen molar-refractivity contribution in [2.75, 3.05) is 27.2 Å². The second-order valence-corrected chi connectivity index (χ2v) is 4.16. The average molecular weight is 228 g/mol. The molecular formula is C11H16ClN2O+. The van der Waals surface area contributed by atoms with Crippen LogP contribution >= 0.6 is 11.6 Å². The maximum atomic E-state index is 11.6. The van der Waals surface area contributed by atoms with Crippen molar-refractivity contribution in [3.05, 3.63) is 34.9 Å². The van der Waals surface area contributed by atoms with Crippen LogP contribution < -0.4 is 10.2 Å². The molecule has 15 heavy (non-hydrogen) atoms. The summed E-state index contributed by atoms with van der Waals surface area (Å²) in [5.41, 5.74) is 0.646. The lowest BCUT2D eigenvalue weighted by Gasteiger charge is -2.08. The van der Waals surface area contributed by atoms with E-state index in [-0.39, 0.29) is 5.91 Å². The zero-order chi connectivity index (χ0) is 11.3. The Hall–Kier alpha value is -1.06. The fourth-order valence-corrected chi connectivity index (χ4v) is 1.26. The summed E-state index contributed by atoms with van der Waals surface area (Å²) in [6, 6.07) is 6.88. The Balaban J connectivity index is 2.43. The van der Waals surface area contributed by atoms with Crippen molar-refractivity contribution >= 4 is 17.5 Å². The van der Waals surface area contributed by atoms with Crippen molar-refractivity contribution in [3.8, 4) is 0 Å². The van der Waals surface area contributed by atoms with Gasteiger partial charge < -0.3 is 10.2 Å². The van der Waals surface area contributed by atoms with Crippen LogP contribution in [0.15, 0.2) is 24.3 Å². The molecule has 1 aromatic rings. The fraction of sp³-hybridized carbons (Fsp3) is 0.364. The van der Waals surface area contributed by atoms with Gasteiger partial charge in [-0.1, -0.05) is 11.6 Å². The molecule has 0 spiro atoms. The zero-order valence-electron chi connectivity index (χ0n) is 9.01. The third-order valence-corrected chi connectivity index (χ3v) is 2.27. The molecule has 0 atom stereocenters. The number of rotatable bonds is 4. The van der Waals surface area contributed by atoms with Crippen LogP contribution in [0, 0.1) is 0 Å². The van der Waals surface area contributed by atoms with Crippen molar-refractivity contribution in [1.82, 2.24) is 5.32 Å². The normalized spacial score (nSPS) is 10.4. The SMILES string of the molecule is C[NH+](C)CCNC(=O)c1ccc(Cl)cc1. The summed E-state index contributed by atoms with van der Waals surface area (Å²) in [4.78, 5) is 12.9. The number of likely N-dealkylation sites (N-methyl/N-ethyl adjacent to an activating group) is 1.